The second-order valence-corrected chi connectivity index (χ2v) is 8.23. The van der Waals surface area contributed by atoms with E-state index in [1.807, 2.05) is 6.92 Å². The van der Waals surface area contributed by atoms with Gasteiger partial charge < -0.3 is 4.74 Å². The molecular formula is C21H17ClN2O4S. The van der Waals surface area contributed by atoms with Crippen molar-refractivity contribution in [2.24, 2.45) is 5.10 Å². The van der Waals surface area contributed by atoms with E-state index in [-0.39, 0.29) is 4.90 Å². The van der Waals surface area contributed by atoms with Crippen molar-refractivity contribution < 1.29 is 17.9 Å². The predicted octanol–water partition coefficient (Wildman–Crippen LogP) is 4.18. The molecule has 0 bridgehead atoms. The van der Waals surface area contributed by atoms with E-state index in [4.69, 9.17) is 16.3 Å². The van der Waals surface area contributed by atoms with Gasteiger partial charge in [-0.2, -0.15) is 13.5 Å². The number of halogens is 1. The first-order chi connectivity index (χ1) is 13.8. The van der Waals surface area contributed by atoms with Gasteiger partial charge in [0.2, 0.25) is 0 Å². The van der Waals surface area contributed by atoms with Gasteiger partial charge in [0.15, 0.2) is 0 Å². The first kappa shape index (κ1) is 20.6. The number of aryl methyl sites for hydroxylation is 1. The van der Waals surface area contributed by atoms with E-state index < -0.39 is 16.0 Å². The second kappa shape index (κ2) is 8.89. The second-order valence-electron chi connectivity index (χ2n) is 6.13. The van der Waals surface area contributed by atoms with E-state index in [1.165, 1.54) is 18.3 Å². The fraction of sp³-hybridized carbons (Fsp3) is 0.0476. The molecule has 1 N–H and O–H groups in total. The van der Waals surface area contributed by atoms with Gasteiger partial charge in [0.1, 0.15) is 5.75 Å². The molecule has 0 amide bonds. The number of rotatable bonds is 6. The summed E-state index contributed by atoms with van der Waals surface area (Å²) in [5.41, 5.74) is 1.87. The van der Waals surface area contributed by atoms with E-state index in [1.54, 1.807) is 60.7 Å². The zero-order valence-electron chi connectivity index (χ0n) is 15.4. The third-order valence-electron chi connectivity index (χ3n) is 3.87. The molecule has 0 atom stereocenters. The number of benzene rings is 3. The van der Waals surface area contributed by atoms with Crippen molar-refractivity contribution in [1.82, 2.24) is 4.83 Å². The van der Waals surface area contributed by atoms with E-state index in [9.17, 15) is 13.2 Å². The Morgan fingerprint density at radius 3 is 2.41 bits per heavy atom. The Kier molecular flexibility index (Phi) is 6.31. The largest absolute Gasteiger partial charge is 0.423 e. The lowest BCUT2D eigenvalue weighted by atomic mass is 10.2. The van der Waals surface area contributed by atoms with Gasteiger partial charge in [-0.1, -0.05) is 41.4 Å². The molecule has 0 saturated carbocycles. The van der Waals surface area contributed by atoms with E-state index in [0.29, 0.717) is 21.9 Å². The average Bonchev–Trinajstić information content (AvgIpc) is 2.69. The van der Waals surface area contributed by atoms with Gasteiger partial charge >= 0.3 is 5.97 Å². The minimum absolute atomic E-state index is 0.117. The van der Waals surface area contributed by atoms with Gasteiger partial charge in [0, 0.05) is 5.02 Å². The summed E-state index contributed by atoms with van der Waals surface area (Å²) in [7, 11) is -3.76. The van der Waals surface area contributed by atoms with Crippen molar-refractivity contribution in [3.05, 3.63) is 94.5 Å². The molecule has 0 aliphatic carbocycles. The predicted molar refractivity (Wildman–Crippen MR) is 112 cm³/mol. The van der Waals surface area contributed by atoms with Crippen molar-refractivity contribution in [3.8, 4) is 5.75 Å². The lowest BCUT2D eigenvalue weighted by Gasteiger charge is -2.06. The molecule has 29 heavy (non-hydrogen) atoms. The molecule has 0 saturated heterocycles. The van der Waals surface area contributed by atoms with Crippen molar-refractivity contribution in [2.75, 3.05) is 0 Å². The first-order valence-electron chi connectivity index (χ1n) is 8.53. The van der Waals surface area contributed by atoms with Crippen LogP contribution in [-0.2, 0) is 10.0 Å². The number of carbonyl (C=O) groups excluding carboxylic acids is 1. The highest BCUT2D eigenvalue weighted by Crippen LogP contribution is 2.16. The summed E-state index contributed by atoms with van der Waals surface area (Å²) >= 11 is 5.81. The van der Waals surface area contributed by atoms with Crippen LogP contribution >= 0.6 is 11.6 Å². The number of esters is 1. The van der Waals surface area contributed by atoms with Crippen LogP contribution in [0.1, 0.15) is 21.5 Å². The van der Waals surface area contributed by atoms with E-state index >= 15 is 0 Å². The Labute approximate surface area is 173 Å². The highest BCUT2D eigenvalue weighted by Gasteiger charge is 2.12. The van der Waals surface area contributed by atoms with Gasteiger partial charge in [-0.3, -0.25) is 0 Å². The molecule has 0 unspecified atom stereocenters. The third-order valence-corrected chi connectivity index (χ3v) is 5.36. The van der Waals surface area contributed by atoms with Crippen molar-refractivity contribution in [3.63, 3.8) is 0 Å². The summed E-state index contributed by atoms with van der Waals surface area (Å²) in [6.45, 7) is 1.87. The highest BCUT2D eigenvalue weighted by molar-refractivity contribution is 7.89. The molecule has 6 nitrogen and oxygen atoms in total. The van der Waals surface area contributed by atoms with Crippen molar-refractivity contribution in [1.29, 1.82) is 0 Å². The average molecular weight is 429 g/mol. The minimum atomic E-state index is -3.76. The Balaban J connectivity index is 1.67. The molecule has 3 rings (SSSR count). The normalized spacial score (nSPS) is 11.4. The number of ether oxygens (including phenoxy) is 1. The molecule has 3 aromatic rings. The maximum absolute atomic E-state index is 12.2. The lowest BCUT2D eigenvalue weighted by molar-refractivity contribution is 0.0735. The van der Waals surface area contributed by atoms with E-state index in [0.717, 1.165) is 5.56 Å². The van der Waals surface area contributed by atoms with Crippen LogP contribution in [0, 0.1) is 6.92 Å². The maximum Gasteiger partial charge on any atom is 0.343 e. The van der Waals surface area contributed by atoms with Crippen LogP contribution in [0.2, 0.25) is 5.02 Å². The zero-order valence-corrected chi connectivity index (χ0v) is 16.9. The molecule has 0 spiro atoms. The molecule has 0 fully saturated rings. The summed E-state index contributed by atoms with van der Waals surface area (Å²) in [6, 6.07) is 19.3. The van der Waals surface area contributed by atoms with Crippen LogP contribution < -0.4 is 9.57 Å². The Bertz CT molecular complexity index is 1140. The molecule has 0 aromatic heterocycles. The molecule has 0 aliphatic rings. The molecular weight excluding hydrogens is 412 g/mol. The van der Waals surface area contributed by atoms with Crippen LogP contribution in [-0.4, -0.2) is 20.6 Å². The van der Waals surface area contributed by atoms with Crippen molar-refractivity contribution >= 4 is 33.8 Å². The maximum atomic E-state index is 12.2. The Morgan fingerprint density at radius 1 is 1.03 bits per heavy atom. The Morgan fingerprint density at radius 2 is 1.72 bits per heavy atom. The van der Waals surface area contributed by atoms with Gasteiger partial charge in [-0.15, -0.1) is 0 Å². The number of hydrazone groups is 1. The minimum Gasteiger partial charge on any atom is -0.423 e. The number of hydrogen-bond acceptors (Lipinski definition) is 5. The fourth-order valence-electron chi connectivity index (χ4n) is 2.35. The van der Waals surface area contributed by atoms with Gasteiger partial charge in [-0.05, 0) is 61.0 Å². The number of sulfonamides is 1. The van der Waals surface area contributed by atoms with Gasteiger partial charge in [-0.25, -0.2) is 9.63 Å². The molecule has 0 aliphatic heterocycles. The summed E-state index contributed by atoms with van der Waals surface area (Å²) in [4.78, 5) is 14.4. The number of nitrogens with one attached hydrogen (secondary N) is 1. The third kappa shape index (κ3) is 5.66. The lowest BCUT2D eigenvalue weighted by Crippen LogP contribution is -2.18. The number of hydrogen-bond donors (Lipinski definition) is 1. The highest BCUT2D eigenvalue weighted by atomic mass is 35.5. The quantitative estimate of drug-likeness (QED) is 0.276. The molecule has 0 heterocycles. The van der Waals surface area contributed by atoms with Crippen molar-refractivity contribution in [2.45, 2.75) is 11.8 Å². The van der Waals surface area contributed by atoms with Crippen LogP contribution in [0.3, 0.4) is 0 Å². The fourth-order valence-corrected chi connectivity index (χ4v) is 3.27. The van der Waals surface area contributed by atoms with E-state index in [2.05, 4.69) is 9.93 Å². The zero-order chi connectivity index (χ0) is 20.9. The standard InChI is InChI=1S/C21H17ClN2O4S/c1-15-5-11-20(12-6-15)29(26,27)24-23-14-16-3-2-4-19(13-16)28-21(25)17-7-9-18(22)10-8-17/h2-14,24H,1H3. The molecule has 0 radical (unpaired) electrons. The molecule has 148 valence electrons. The van der Waals surface area contributed by atoms with Crippen LogP contribution in [0.5, 0.6) is 5.75 Å². The van der Waals surface area contributed by atoms with Gasteiger partial charge in [0.25, 0.3) is 10.0 Å². The summed E-state index contributed by atoms with van der Waals surface area (Å²) in [5, 5.41) is 4.30. The summed E-state index contributed by atoms with van der Waals surface area (Å²) < 4.78 is 29.8. The molecule has 3 aromatic carbocycles. The number of nitrogens with zero attached hydrogens (tertiary/aromatic N) is 1. The SMILES string of the molecule is Cc1ccc(S(=O)(=O)NN=Cc2cccc(OC(=O)c3ccc(Cl)cc3)c2)cc1. The summed E-state index contributed by atoms with van der Waals surface area (Å²) in [5.74, 6) is -0.230. The molecule has 8 heteroatoms. The van der Waals surface area contributed by atoms with Crippen LogP contribution in [0.4, 0.5) is 0 Å². The monoisotopic (exact) mass is 428 g/mol. The van der Waals surface area contributed by atoms with Crippen LogP contribution in [0.25, 0.3) is 0 Å². The Hall–Kier alpha value is -3.16. The summed E-state index contributed by atoms with van der Waals surface area (Å²) in [6.07, 6.45) is 1.32. The number of carbonyl (C=O) groups is 1. The smallest absolute Gasteiger partial charge is 0.343 e. The van der Waals surface area contributed by atoms with Gasteiger partial charge in [0.05, 0.1) is 16.7 Å². The van der Waals surface area contributed by atoms with Crippen LogP contribution in [0.15, 0.2) is 82.8 Å². The topological polar surface area (TPSA) is 84.8 Å². The first-order valence-corrected chi connectivity index (χ1v) is 10.4.